The van der Waals surface area contributed by atoms with Crippen LogP contribution in [0.25, 0.3) is 0 Å². The van der Waals surface area contributed by atoms with E-state index >= 15 is 0 Å². The van der Waals surface area contributed by atoms with Crippen LogP contribution >= 0.6 is 0 Å². The summed E-state index contributed by atoms with van der Waals surface area (Å²) in [4.78, 5) is 16.2. The van der Waals surface area contributed by atoms with E-state index in [9.17, 15) is 4.79 Å². The fourth-order valence-corrected chi connectivity index (χ4v) is 2.03. The van der Waals surface area contributed by atoms with Crippen LogP contribution in [0, 0.1) is 17.8 Å². The van der Waals surface area contributed by atoms with Gasteiger partial charge in [0.15, 0.2) is 0 Å². The third-order valence-electron chi connectivity index (χ3n) is 3.09. The molecule has 4 heteroatoms. The number of carbonyl (C=O) groups is 1. The SMILES string of the molecule is CC(CC1CC1)NC(=O)c1ncccc1C#CCO. The Morgan fingerprint density at radius 1 is 1.63 bits per heavy atom. The van der Waals surface area contributed by atoms with Crippen molar-refractivity contribution >= 4 is 5.91 Å². The van der Waals surface area contributed by atoms with E-state index in [0.29, 0.717) is 11.3 Å². The van der Waals surface area contributed by atoms with Crippen LogP contribution in [0.4, 0.5) is 0 Å². The van der Waals surface area contributed by atoms with Crippen molar-refractivity contribution < 1.29 is 9.90 Å². The van der Waals surface area contributed by atoms with Gasteiger partial charge in [-0.15, -0.1) is 0 Å². The molecule has 1 unspecified atom stereocenters. The first-order valence-electron chi connectivity index (χ1n) is 6.56. The van der Waals surface area contributed by atoms with Crippen molar-refractivity contribution in [1.29, 1.82) is 0 Å². The average Bonchev–Trinajstić information content (AvgIpc) is 3.20. The molecule has 0 bridgehead atoms. The summed E-state index contributed by atoms with van der Waals surface area (Å²) in [6, 6.07) is 3.61. The van der Waals surface area contributed by atoms with Gasteiger partial charge in [0, 0.05) is 12.2 Å². The molecule has 1 amide bonds. The number of pyridine rings is 1. The Morgan fingerprint density at radius 3 is 3.11 bits per heavy atom. The van der Waals surface area contributed by atoms with Crippen molar-refractivity contribution in [2.24, 2.45) is 5.92 Å². The predicted octanol–water partition coefficient (Wildman–Crippen LogP) is 1.34. The zero-order chi connectivity index (χ0) is 13.7. The van der Waals surface area contributed by atoms with Crippen molar-refractivity contribution in [3.63, 3.8) is 0 Å². The lowest BCUT2D eigenvalue weighted by molar-refractivity contribution is 0.0932. The number of nitrogens with zero attached hydrogens (tertiary/aromatic N) is 1. The van der Waals surface area contributed by atoms with Crippen molar-refractivity contribution in [3.8, 4) is 11.8 Å². The van der Waals surface area contributed by atoms with E-state index in [1.807, 2.05) is 6.92 Å². The first-order valence-corrected chi connectivity index (χ1v) is 6.56. The molecule has 0 saturated heterocycles. The van der Waals surface area contributed by atoms with Gasteiger partial charge in [-0.2, -0.15) is 0 Å². The zero-order valence-corrected chi connectivity index (χ0v) is 11.0. The number of hydrogen-bond acceptors (Lipinski definition) is 3. The van der Waals surface area contributed by atoms with E-state index in [2.05, 4.69) is 22.1 Å². The lowest BCUT2D eigenvalue weighted by atomic mass is 10.1. The van der Waals surface area contributed by atoms with Crippen LogP contribution in [-0.4, -0.2) is 28.6 Å². The van der Waals surface area contributed by atoms with E-state index in [4.69, 9.17) is 5.11 Å². The molecule has 4 nitrogen and oxygen atoms in total. The molecule has 1 atom stereocenters. The average molecular weight is 258 g/mol. The Kier molecular flexibility index (Phi) is 4.53. The van der Waals surface area contributed by atoms with Crippen LogP contribution in [0.5, 0.6) is 0 Å². The van der Waals surface area contributed by atoms with Gasteiger partial charge in [0.25, 0.3) is 5.91 Å². The molecule has 2 N–H and O–H groups in total. The number of aliphatic hydroxyl groups is 1. The Hall–Kier alpha value is -1.86. The van der Waals surface area contributed by atoms with Gasteiger partial charge in [-0.05, 0) is 31.4 Å². The van der Waals surface area contributed by atoms with Gasteiger partial charge in [-0.3, -0.25) is 4.79 Å². The number of hydrogen-bond donors (Lipinski definition) is 2. The van der Waals surface area contributed by atoms with Gasteiger partial charge < -0.3 is 10.4 Å². The third-order valence-corrected chi connectivity index (χ3v) is 3.09. The maximum Gasteiger partial charge on any atom is 0.271 e. The minimum Gasteiger partial charge on any atom is -0.384 e. The van der Waals surface area contributed by atoms with Gasteiger partial charge in [-0.25, -0.2) is 4.98 Å². The molecule has 1 fully saturated rings. The van der Waals surface area contributed by atoms with Crippen LogP contribution in [-0.2, 0) is 0 Å². The van der Waals surface area contributed by atoms with Crippen LogP contribution < -0.4 is 5.32 Å². The summed E-state index contributed by atoms with van der Waals surface area (Å²) < 4.78 is 0. The molecule has 19 heavy (non-hydrogen) atoms. The van der Waals surface area contributed by atoms with Crippen molar-refractivity contribution in [1.82, 2.24) is 10.3 Å². The summed E-state index contributed by atoms with van der Waals surface area (Å²) in [6.45, 7) is 1.78. The number of amides is 1. The fraction of sp³-hybridized carbons (Fsp3) is 0.467. The predicted molar refractivity (Wildman–Crippen MR) is 72.5 cm³/mol. The van der Waals surface area contributed by atoms with Crippen molar-refractivity contribution in [2.75, 3.05) is 6.61 Å². The first kappa shape index (κ1) is 13.6. The summed E-state index contributed by atoms with van der Waals surface area (Å²) in [5.41, 5.74) is 0.874. The highest BCUT2D eigenvalue weighted by atomic mass is 16.2. The second-order valence-electron chi connectivity index (χ2n) is 4.91. The van der Waals surface area contributed by atoms with Crippen molar-refractivity contribution in [2.45, 2.75) is 32.2 Å². The topological polar surface area (TPSA) is 62.2 Å². The molecular weight excluding hydrogens is 240 g/mol. The highest BCUT2D eigenvalue weighted by Crippen LogP contribution is 2.33. The molecule has 1 aliphatic carbocycles. The molecule has 1 aromatic heterocycles. The molecule has 1 aliphatic rings. The van der Waals surface area contributed by atoms with Gasteiger partial charge in [0.2, 0.25) is 0 Å². The normalized spacial score (nSPS) is 15.3. The second kappa shape index (κ2) is 6.35. The number of aromatic nitrogens is 1. The Labute approximate surface area is 113 Å². The van der Waals surface area contributed by atoms with E-state index in [1.165, 1.54) is 12.8 Å². The summed E-state index contributed by atoms with van der Waals surface area (Å²) in [7, 11) is 0. The molecule has 1 aromatic rings. The summed E-state index contributed by atoms with van der Waals surface area (Å²) in [5, 5.41) is 11.7. The van der Waals surface area contributed by atoms with Crippen LogP contribution in [0.1, 0.15) is 42.2 Å². The number of rotatable bonds is 4. The lowest BCUT2D eigenvalue weighted by Crippen LogP contribution is -2.33. The van der Waals surface area contributed by atoms with Gasteiger partial charge in [0.1, 0.15) is 12.3 Å². The molecule has 0 aliphatic heterocycles. The molecule has 1 heterocycles. The molecule has 1 saturated carbocycles. The monoisotopic (exact) mass is 258 g/mol. The maximum atomic E-state index is 12.1. The smallest absolute Gasteiger partial charge is 0.271 e. The van der Waals surface area contributed by atoms with Crippen LogP contribution in [0.15, 0.2) is 18.3 Å². The highest BCUT2D eigenvalue weighted by Gasteiger charge is 2.24. The Bertz CT molecular complexity index is 512. The third kappa shape index (κ3) is 4.08. The minimum atomic E-state index is -0.228. The minimum absolute atomic E-state index is 0.153. The standard InChI is InChI=1S/C15H18N2O2/c1-11(10-12-6-7-12)17-15(19)14-13(5-3-9-18)4-2-8-16-14/h2,4,8,11-12,18H,6-7,9-10H2,1H3,(H,17,19). The van der Waals surface area contributed by atoms with E-state index in [1.54, 1.807) is 18.3 Å². The molecule has 100 valence electrons. The van der Waals surface area contributed by atoms with Gasteiger partial charge >= 0.3 is 0 Å². The fourth-order valence-electron chi connectivity index (χ4n) is 2.03. The molecular formula is C15H18N2O2. The number of aliphatic hydroxyl groups excluding tert-OH is 1. The van der Waals surface area contributed by atoms with Crippen LogP contribution in [0.2, 0.25) is 0 Å². The zero-order valence-electron chi connectivity index (χ0n) is 11.0. The molecule has 0 aromatic carbocycles. The van der Waals surface area contributed by atoms with E-state index in [-0.39, 0.29) is 18.6 Å². The first-order chi connectivity index (χ1) is 9.20. The van der Waals surface area contributed by atoms with E-state index in [0.717, 1.165) is 12.3 Å². The second-order valence-corrected chi connectivity index (χ2v) is 4.91. The Morgan fingerprint density at radius 2 is 2.42 bits per heavy atom. The van der Waals surface area contributed by atoms with Gasteiger partial charge in [0.05, 0.1) is 5.56 Å². The van der Waals surface area contributed by atoms with Gasteiger partial charge in [-0.1, -0.05) is 24.7 Å². The summed E-state index contributed by atoms with van der Waals surface area (Å²) in [5.74, 6) is 5.86. The molecule has 0 radical (unpaired) electrons. The Balaban J connectivity index is 2.04. The quantitative estimate of drug-likeness (QED) is 0.801. The summed E-state index contributed by atoms with van der Waals surface area (Å²) in [6.07, 6.45) is 5.15. The maximum absolute atomic E-state index is 12.1. The summed E-state index contributed by atoms with van der Waals surface area (Å²) >= 11 is 0. The highest BCUT2D eigenvalue weighted by molar-refractivity contribution is 5.94. The van der Waals surface area contributed by atoms with E-state index < -0.39 is 0 Å². The number of carbonyl (C=O) groups excluding carboxylic acids is 1. The largest absolute Gasteiger partial charge is 0.384 e. The number of nitrogens with one attached hydrogen (secondary N) is 1. The lowest BCUT2D eigenvalue weighted by Gasteiger charge is -2.13. The molecule has 0 spiro atoms. The van der Waals surface area contributed by atoms with Crippen molar-refractivity contribution in [3.05, 3.63) is 29.6 Å². The van der Waals surface area contributed by atoms with Crippen LogP contribution in [0.3, 0.4) is 0 Å². The molecule has 2 rings (SSSR count).